The van der Waals surface area contributed by atoms with E-state index in [2.05, 4.69) is 5.32 Å². The average Bonchev–Trinajstić information content (AvgIpc) is 2.44. The summed E-state index contributed by atoms with van der Waals surface area (Å²) in [6.45, 7) is 3.91. The molecule has 5 nitrogen and oxygen atoms in total. The van der Waals surface area contributed by atoms with Crippen molar-refractivity contribution in [2.75, 3.05) is 24.8 Å². The summed E-state index contributed by atoms with van der Waals surface area (Å²) in [6.07, 6.45) is 0. The molecule has 0 unspecified atom stereocenters. The molecule has 116 valence electrons. The van der Waals surface area contributed by atoms with Gasteiger partial charge in [0.1, 0.15) is 11.5 Å². The van der Waals surface area contributed by atoms with Crippen LogP contribution in [0.3, 0.4) is 0 Å². The maximum absolute atomic E-state index is 11.9. The van der Waals surface area contributed by atoms with Crippen LogP contribution in [0.1, 0.15) is 11.1 Å². The minimum absolute atomic E-state index is 0.0607. The third-order valence-corrected chi connectivity index (χ3v) is 3.08. The SMILES string of the molecule is COc1ccc(NC(=O)COc2cc(C)cc(C)c2)cc1N. The Labute approximate surface area is 130 Å². The maximum Gasteiger partial charge on any atom is 0.262 e. The normalized spacial score (nSPS) is 10.1. The van der Waals surface area contributed by atoms with Crippen LogP contribution >= 0.6 is 0 Å². The molecule has 0 aliphatic heterocycles. The summed E-state index contributed by atoms with van der Waals surface area (Å²) in [4.78, 5) is 11.9. The summed E-state index contributed by atoms with van der Waals surface area (Å²) in [5.74, 6) is 1.01. The molecule has 0 spiro atoms. The highest BCUT2D eigenvalue weighted by molar-refractivity contribution is 5.92. The lowest BCUT2D eigenvalue weighted by Gasteiger charge is -2.10. The van der Waals surface area contributed by atoms with Crippen LogP contribution in [0.25, 0.3) is 0 Å². The van der Waals surface area contributed by atoms with Crippen LogP contribution in [-0.4, -0.2) is 19.6 Å². The Bertz CT molecular complexity index is 663. The number of methoxy groups -OCH3 is 1. The van der Waals surface area contributed by atoms with Gasteiger partial charge in [0.25, 0.3) is 5.91 Å². The number of carbonyl (C=O) groups excluding carboxylic acids is 1. The topological polar surface area (TPSA) is 73.6 Å². The fraction of sp³-hybridized carbons (Fsp3) is 0.235. The number of nitrogens with one attached hydrogen (secondary N) is 1. The molecule has 0 heterocycles. The molecule has 1 amide bonds. The predicted molar refractivity (Wildman–Crippen MR) is 87.4 cm³/mol. The number of rotatable bonds is 5. The van der Waals surface area contributed by atoms with Gasteiger partial charge in [-0.15, -0.1) is 0 Å². The fourth-order valence-corrected chi connectivity index (χ4v) is 2.17. The van der Waals surface area contributed by atoms with Crippen LogP contribution in [0.4, 0.5) is 11.4 Å². The molecule has 0 atom stereocenters. The Balaban J connectivity index is 1.94. The predicted octanol–water partition coefficient (Wildman–Crippen LogP) is 2.91. The molecule has 0 aliphatic rings. The Morgan fingerprint density at radius 2 is 1.82 bits per heavy atom. The first-order chi connectivity index (χ1) is 10.5. The molecular formula is C17H20N2O3. The summed E-state index contributed by atoms with van der Waals surface area (Å²) in [5, 5.41) is 2.73. The quantitative estimate of drug-likeness (QED) is 0.833. The molecule has 3 N–H and O–H groups in total. The van der Waals surface area contributed by atoms with Gasteiger partial charge in [0.05, 0.1) is 12.8 Å². The second kappa shape index (κ2) is 6.85. The van der Waals surface area contributed by atoms with E-state index in [9.17, 15) is 4.79 Å². The highest BCUT2D eigenvalue weighted by Crippen LogP contribution is 2.24. The zero-order valence-corrected chi connectivity index (χ0v) is 13.0. The van der Waals surface area contributed by atoms with Gasteiger partial charge in [-0.25, -0.2) is 0 Å². The number of benzene rings is 2. The Kier molecular flexibility index (Phi) is 4.88. The number of nitrogen functional groups attached to an aromatic ring is 1. The van der Waals surface area contributed by atoms with E-state index in [0.29, 0.717) is 22.9 Å². The van der Waals surface area contributed by atoms with E-state index in [-0.39, 0.29) is 12.5 Å². The summed E-state index contributed by atoms with van der Waals surface area (Å²) in [7, 11) is 1.54. The van der Waals surface area contributed by atoms with E-state index < -0.39 is 0 Å². The van der Waals surface area contributed by atoms with E-state index >= 15 is 0 Å². The lowest BCUT2D eigenvalue weighted by atomic mass is 10.1. The van der Waals surface area contributed by atoms with Crippen molar-refractivity contribution in [1.29, 1.82) is 0 Å². The number of hydrogen-bond acceptors (Lipinski definition) is 4. The van der Waals surface area contributed by atoms with E-state index in [0.717, 1.165) is 11.1 Å². The van der Waals surface area contributed by atoms with E-state index in [1.807, 2.05) is 32.0 Å². The molecule has 22 heavy (non-hydrogen) atoms. The highest BCUT2D eigenvalue weighted by atomic mass is 16.5. The van der Waals surface area contributed by atoms with Crippen molar-refractivity contribution in [3.8, 4) is 11.5 Å². The molecule has 0 bridgehead atoms. The van der Waals surface area contributed by atoms with Crippen LogP contribution in [0.15, 0.2) is 36.4 Å². The van der Waals surface area contributed by atoms with Gasteiger partial charge < -0.3 is 20.5 Å². The van der Waals surface area contributed by atoms with Gasteiger partial charge in [0.15, 0.2) is 6.61 Å². The number of carbonyl (C=O) groups is 1. The van der Waals surface area contributed by atoms with E-state index in [1.54, 1.807) is 25.3 Å². The van der Waals surface area contributed by atoms with Gasteiger partial charge in [0.2, 0.25) is 0 Å². The highest BCUT2D eigenvalue weighted by Gasteiger charge is 2.06. The van der Waals surface area contributed by atoms with Gasteiger partial charge in [-0.05, 0) is 55.3 Å². The van der Waals surface area contributed by atoms with Crippen LogP contribution in [0.5, 0.6) is 11.5 Å². The third-order valence-electron chi connectivity index (χ3n) is 3.08. The molecule has 0 saturated heterocycles. The van der Waals surface area contributed by atoms with E-state index in [1.165, 1.54) is 0 Å². The molecule has 0 fully saturated rings. The van der Waals surface area contributed by atoms with Crippen molar-refractivity contribution < 1.29 is 14.3 Å². The smallest absolute Gasteiger partial charge is 0.262 e. The van der Waals surface area contributed by atoms with Crippen molar-refractivity contribution in [2.45, 2.75) is 13.8 Å². The monoisotopic (exact) mass is 300 g/mol. The Hall–Kier alpha value is -2.69. The lowest BCUT2D eigenvalue weighted by Crippen LogP contribution is -2.20. The van der Waals surface area contributed by atoms with Gasteiger partial charge in [-0.3, -0.25) is 4.79 Å². The summed E-state index contributed by atoms with van der Waals surface area (Å²) in [6, 6.07) is 10.9. The fourth-order valence-electron chi connectivity index (χ4n) is 2.17. The van der Waals surface area contributed by atoms with Crippen LogP contribution in [0, 0.1) is 13.8 Å². The van der Waals surface area contributed by atoms with Crippen molar-refractivity contribution >= 4 is 17.3 Å². The average molecular weight is 300 g/mol. The van der Waals surface area contributed by atoms with Crippen LogP contribution in [-0.2, 0) is 4.79 Å². The first kappa shape index (κ1) is 15.7. The molecule has 2 aromatic rings. The standard InChI is InChI=1S/C17H20N2O3/c1-11-6-12(2)8-14(7-11)22-10-17(20)19-13-4-5-16(21-3)15(18)9-13/h4-9H,10,18H2,1-3H3,(H,19,20). The second-order valence-corrected chi connectivity index (χ2v) is 5.12. The number of nitrogens with two attached hydrogens (primary N) is 1. The van der Waals surface area contributed by atoms with Crippen LogP contribution in [0.2, 0.25) is 0 Å². The van der Waals surface area contributed by atoms with Crippen molar-refractivity contribution in [3.63, 3.8) is 0 Å². The first-order valence-corrected chi connectivity index (χ1v) is 6.92. The lowest BCUT2D eigenvalue weighted by molar-refractivity contribution is -0.118. The number of amides is 1. The van der Waals surface area contributed by atoms with Gasteiger partial charge in [-0.2, -0.15) is 0 Å². The van der Waals surface area contributed by atoms with Gasteiger partial charge in [-0.1, -0.05) is 6.07 Å². The molecule has 0 aliphatic carbocycles. The Morgan fingerprint density at radius 1 is 1.14 bits per heavy atom. The molecular weight excluding hydrogens is 280 g/mol. The maximum atomic E-state index is 11.9. The molecule has 5 heteroatoms. The molecule has 2 aromatic carbocycles. The summed E-state index contributed by atoms with van der Waals surface area (Å²) >= 11 is 0. The molecule has 0 radical (unpaired) electrons. The Morgan fingerprint density at radius 3 is 2.41 bits per heavy atom. The largest absolute Gasteiger partial charge is 0.495 e. The zero-order valence-electron chi connectivity index (χ0n) is 13.0. The van der Waals surface area contributed by atoms with Crippen molar-refractivity contribution in [3.05, 3.63) is 47.5 Å². The minimum Gasteiger partial charge on any atom is -0.495 e. The van der Waals surface area contributed by atoms with E-state index in [4.69, 9.17) is 15.2 Å². The van der Waals surface area contributed by atoms with Gasteiger partial charge in [0, 0.05) is 5.69 Å². The number of ether oxygens (including phenoxy) is 2. The van der Waals surface area contributed by atoms with Crippen LogP contribution < -0.4 is 20.5 Å². The van der Waals surface area contributed by atoms with Gasteiger partial charge >= 0.3 is 0 Å². The first-order valence-electron chi connectivity index (χ1n) is 6.92. The second-order valence-electron chi connectivity index (χ2n) is 5.12. The molecule has 0 saturated carbocycles. The summed E-state index contributed by atoms with van der Waals surface area (Å²) < 4.78 is 10.6. The van der Waals surface area contributed by atoms with Crippen molar-refractivity contribution in [1.82, 2.24) is 0 Å². The van der Waals surface area contributed by atoms with Crippen molar-refractivity contribution in [2.24, 2.45) is 0 Å². The number of aryl methyl sites for hydroxylation is 2. The number of anilines is 2. The third kappa shape index (κ3) is 4.15. The minimum atomic E-state index is -0.247. The molecule has 2 rings (SSSR count). The molecule has 0 aromatic heterocycles. The summed E-state index contributed by atoms with van der Waals surface area (Å²) in [5.41, 5.74) is 9.06. The number of hydrogen-bond donors (Lipinski definition) is 2. The zero-order chi connectivity index (χ0) is 16.1.